The molecule has 8 nitrogen and oxygen atoms in total. The highest BCUT2D eigenvalue weighted by Gasteiger charge is 2.66. The summed E-state index contributed by atoms with van der Waals surface area (Å²) in [6.45, 7) is 4.69. The van der Waals surface area contributed by atoms with Crippen LogP contribution in [0.4, 0.5) is 10.1 Å². The van der Waals surface area contributed by atoms with Crippen LogP contribution < -0.4 is 4.74 Å². The third kappa shape index (κ3) is 5.40. The Morgan fingerprint density at radius 1 is 1.17 bits per heavy atom. The van der Waals surface area contributed by atoms with Crippen LogP contribution in [0.15, 0.2) is 54.6 Å². The second-order valence-electron chi connectivity index (χ2n) is 9.57. The number of carbonyl (C=O) groups excluding carboxylic acids is 2. The van der Waals surface area contributed by atoms with Crippen molar-refractivity contribution >= 4 is 23.5 Å². The Kier molecular flexibility index (Phi) is 7.12. The van der Waals surface area contributed by atoms with E-state index in [2.05, 4.69) is 0 Å². The predicted molar refractivity (Wildman–Crippen MR) is 127 cm³/mol. The lowest BCUT2D eigenvalue weighted by molar-refractivity contribution is -0.384. The number of aliphatic hydroxyl groups is 1. The van der Waals surface area contributed by atoms with E-state index >= 15 is 4.39 Å². The van der Waals surface area contributed by atoms with E-state index in [1.807, 2.05) is 0 Å². The molecule has 0 aromatic heterocycles. The van der Waals surface area contributed by atoms with Crippen molar-refractivity contribution in [1.29, 1.82) is 0 Å². The fourth-order valence-electron chi connectivity index (χ4n) is 4.15. The summed E-state index contributed by atoms with van der Waals surface area (Å²) in [4.78, 5) is 36.4. The molecule has 0 aliphatic heterocycles. The summed E-state index contributed by atoms with van der Waals surface area (Å²) in [5, 5.41) is 22.6. The number of non-ortho nitro benzene ring substituents is 1. The average Bonchev–Trinajstić information content (AvgIpc) is 2.79. The number of nitro benzene ring substituents is 1. The number of methoxy groups -OCH3 is 1. The fourth-order valence-corrected chi connectivity index (χ4v) is 4.15. The van der Waals surface area contributed by atoms with Crippen molar-refractivity contribution in [1.82, 2.24) is 0 Å². The highest BCUT2D eigenvalue weighted by molar-refractivity contribution is 5.92. The molecular formula is C26H28FNO7. The minimum Gasteiger partial charge on any atom is -0.497 e. The Labute approximate surface area is 202 Å². The van der Waals surface area contributed by atoms with Crippen LogP contribution in [-0.4, -0.2) is 45.8 Å². The van der Waals surface area contributed by atoms with Gasteiger partial charge >= 0.3 is 5.97 Å². The Morgan fingerprint density at radius 3 is 2.29 bits per heavy atom. The molecule has 0 radical (unpaired) electrons. The molecule has 1 aliphatic carbocycles. The van der Waals surface area contributed by atoms with Crippen molar-refractivity contribution in [3.8, 4) is 5.75 Å². The first kappa shape index (κ1) is 26.0. The largest absolute Gasteiger partial charge is 0.497 e. The number of hydrogen-bond donors (Lipinski definition) is 1. The molecular weight excluding hydrogens is 457 g/mol. The van der Waals surface area contributed by atoms with Crippen molar-refractivity contribution in [3.05, 3.63) is 75.8 Å². The summed E-state index contributed by atoms with van der Waals surface area (Å²) in [6, 6.07) is 11.6. The SMILES string of the molecule is COc1ccc(/C=C/[C@@]2(O)CC(=O)C[C@@H](c3ccc([N+](=O)[O-])cc3)[C@]2(F)C(=O)OC(C)(C)C)cc1. The van der Waals surface area contributed by atoms with Gasteiger partial charge in [-0.05, 0) is 50.1 Å². The maximum atomic E-state index is 17.1. The van der Waals surface area contributed by atoms with E-state index in [1.165, 1.54) is 25.3 Å². The highest BCUT2D eigenvalue weighted by atomic mass is 19.1. The van der Waals surface area contributed by atoms with E-state index in [4.69, 9.17) is 9.47 Å². The van der Waals surface area contributed by atoms with Crippen LogP contribution in [0, 0.1) is 10.1 Å². The van der Waals surface area contributed by atoms with Gasteiger partial charge in [-0.15, -0.1) is 0 Å². The van der Waals surface area contributed by atoms with Crippen LogP contribution in [0.3, 0.4) is 0 Å². The molecule has 0 amide bonds. The molecule has 2 aromatic rings. The number of alkyl halides is 1. The number of esters is 1. The van der Waals surface area contributed by atoms with Gasteiger partial charge in [0.2, 0.25) is 5.67 Å². The first-order chi connectivity index (χ1) is 16.3. The van der Waals surface area contributed by atoms with Gasteiger partial charge in [0, 0.05) is 30.9 Å². The van der Waals surface area contributed by atoms with E-state index in [1.54, 1.807) is 45.0 Å². The van der Waals surface area contributed by atoms with Crippen LogP contribution in [0.2, 0.25) is 0 Å². The molecule has 3 rings (SSSR count). The first-order valence-electron chi connectivity index (χ1n) is 11.0. The Bertz CT molecular complexity index is 1140. The van der Waals surface area contributed by atoms with Gasteiger partial charge in [0.05, 0.1) is 12.0 Å². The van der Waals surface area contributed by atoms with Gasteiger partial charge in [0.15, 0.2) is 0 Å². The minimum absolute atomic E-state index is 0.160. The molecule has 0 saturated heterocycles. The summed E-state index contributed by atoms with van der Waals surface area (Å²) in [6.07, 6.45) is 1.50. The number of ether oxygens (including phenoxy) is 2. The molecule has 186 valence electrons. The zero-order valence-electron chi connectivity index (χ0n) is 20.0. The van der Waals surface area contributed by atoms with Crippen LogP contribution in [0.5, 0.6) is 5.75 Å². The molecule has 0 spiro atoms. The number of nitro groups is 1. The van der Waals surface area contributed by atoms with Crippen LogP contribution in [0.25, 0.3) is 6.08 Å². The number of benzene rings is 2. The molecule has 0 unspecified atom stereocenters. The third-order valence-electron chi connectivity index (χ3n) is 5.88. The van der Waals surface area contributed by atoms with Crippen molar-refractivity contribution in [3.63, 3.8) is 0 Å². The second kappa shape index (κ2) is 9.58. The quantitative estimate of drug-likeness (QED) is 0.363. The number of ketones is 1. The van der Waals surface area contributed by atoms with Crippen molar-refractivity contribution in [2.75, 3.05) is 7.11 Å². The van der Waals surface area contributed by atoms with Gasteiger partial charge in [0.25, 0.3) is 5.69 Å². The van der Waals surface area contributed by atoms with Gasteiger partial charge in [-0.3, -0.25) is 14.9 Å². The molecule has 1 aliphatic rings. The van der Waals surface area contributed by atoms with Gasteiger partial charge in [-0.2, -0.15) is 0 Å². The Balaban J connectivity index is 2.11. The van der Waals surface area contributed by atoms with Crippen molar-refractivity contribution in [2.24, 2.45) is 0 Å². The molecule has 1 N–H and O–H groups in total. The monoisotopic (exact) mass is 485 g/mol. The maximum Gasteiger partial charge on any atom is 0.348 e. The lowest BCUT2D eigenvalue weighted by Gasteiger charge is -2.46. The van der Waals surface area contributed by atoms with Crippen molar-refractivity contribution in [2.45, 2.75) is 56.4 Å². The highest BCUT2D eigenvalue weighted by Crippen LogP contribution is 2.50. The predicted octanol–water partition coefficient (Wildman–Crippen LogP) is 4.54. The smallest absolute Gasteiger partial charge is 0.348 e. The van der Waals surface area contributed by atoms with Crippen molar-refractivity contribution < 1.29 is 33.5 Å². The van der Waals surface area contributed by atoms with Gasteiger partial charge in [-0.25, -0.2) is 9.18 Å². The molecule has 0 bridgehead atoms. The first-order valence-corrected chi connectivity index (χ1v) is 11.0. The molecule has 3 atom stereocenters. The molecule has 1 saturated carbocycles. The number of nitrogens with zero attached hydrogens (tertiary/aromatic N) is 1. The second-order valence-corrected chi connectivity index (χ2v) is 9.57. The molecule has 0 heterocycles. The van der Waals surface area contributed by atoms with Crippen LogP contribution >= 0.6 is 0 Å². The maximum absolute atomic E-state index is 17.1. The fraction of sp³-hybridized carbons (Fsp3) is 0.385. The number of carbonyl (C=O) groups is 2. The van der Waals surface area contributed by atoms with Gasteiger partial charge < -0.3 is 14.6 Å². The Morgan fingerprint density at radius 2 is 1.77 bits per heavy atom. The number of hydrogen-bond acceptors (Lipinski definition) is 7. The van der Waals surface area contributed by atoms with E-state index in [0.717, 1.165) is 18.2 Å². The molecule has 1 fully saturated rings. The normalized spacial score (nSPS) is 24.9. The van der Waals surface area contributed by atoms with E-state index in [0.29, 0.717) is 11.3 Å². The number of rotatable bonds is 6. The summed E-state index contributed by atoms with van der Waals surface area (Å²) in [5.74, 6) is -2.61. The number of Topliss-reactive ketones (excluding diaryl/α,β-unsaturated/α-hetero) is 1. The summed E-state index contributed by atoms with van der Waals surface area (Å²) < 4.78 is 27.5. The van der Waals surface area contributed by atoms with Gasteiger partial charge in [-0.1, -0.05) is 30.3 Å². The van der Waals surface area contributed by atoms with Gasteiger partial charge in [0.1, 0.15) is 22.7 Å². The van der Waals surface area contributed by atoms with E-state index < -0.39 is 45.9 Å². The summed E-state index contributed by atoms with van der Waals surface area (Å²) >= 11 is 0. The van der Waals surface area contributed by atoms with Crippen LogP contribution in [-0.2, 0) is 14.3 Å². The average molecular weight is 486 g/mol. The molecule has 9 heteroatoms. The minimum atomic E-state index is -3.05. The summed E-state index contributed by atoms with van der Waals surface area (Å²) in [5.41, 5.74) is -6.14. The lowest BCUT2D eigenvalue weighted by atomic mass is 9.63. The van der Waals surface area contributed by atoms with Crippen LogP contribution in [0.1, 0.15) is 50.7 Å². The topological polar surface area (TPSA) is 116 Å². The van der Waals surface area contributed by atoms with E-state index in [-0.39, 0.29) is 17.7 Å². The number of halogens is 1. The van der Waals surface area contributed by atoms with E-state index in [9.17, 15) is 24.8 Å². The third-order valence-corrected chi connectivity index (χ3v) is 5.88. The zero-order chi connectivity index (χ0) is 26.0. The standard InChI is InChI=1S/C26H28FNO7/c1-24(2,3)35-23(30)26(27)22(18-7-9-19(10-8-18)28(32)33)15-20(29)16-25(26,31)14-13-17-5-11-21(34-4)12-6-17/h5-14,22,31H,15-16H2,1-4H3/b14-13+/t22-,25+,26-/m0/s1. The molecule has 35 heavy (non-hydrogen) atoms. The zero-order valence-corrected chi connectivity index (χ0v) is 20.0. The Hall–Kier alpha value is -3.59. The lowest BCUT2D eigenvalue weighted by Crippen LogP contribution is -2.63. The molecule has 2 aromatic carbocycles. The summed E-state index contributed by atoms with van der Waals surface area (Å²) in [7, 11) is 1.51.